The van der Waals surface area contributed by atoms with Crippen LogP contribution in [0, 0.1) is 0 Å². The quantitative estimate of drug-likeness (QED) is 0.289. The number of aliphatic carboxylic acids is 1. The molecule has 0 rings (SSSR count). The molecule has 0 unspecified atom stereocenters. The van der Waals surface area contributed by atoms with Crippen molar-refractivity contribution in [1.29, 1.82) is 0 Å². The Balaban J connectivity index is 2.96. The van der Waals surface area contributed by atoms with Gasteiger partial charge in [-0.2, -0.15) is 0 Å². The van der Waals surface area contributed by atoms with Crippen molar-refractivity contribution in [3.63, 3.8) is 0 Å². The van der Waals surface area contributed by atoms with E-state index in [1.807, 2.05) is 0 Å². The molecule has 0 atom stereocenters. The standard InChI is InChI=1S/C14H29NO8/c15-1-2-18-3-4-19-5-6-20-7-8-21-9-10-22-11-12-23-13-14(16)17/h1-13,15H2,(H,16,17). The lowest BCUT2D eigenvalue weighted by molar-refractivity contribution is -0.142. The molecule has 0 saturated heterocycles. The number of carboxylic acid groups (broad SMARTS) is 1. The van der Waals surface area contributed by atoms with Gasteiger partial charge < -0.3 is 39.3 Å². The molecule has 0 aromatic rings. The first-order valence-corrected chi connectivity index (χ1v) is 7.65. The molecular weight excluding hydrogens is 310 g/mol. The molecule has 0 aliphatic rings. The average Bonchev–Trinajstić information content (AvgIpc) is 2.53. The molecule has 0 aromatic heterocycles. The van der Waals surface area contributed by atoms with Gasteiger partial charge in [0.05, 0.1) is 72.7 Å². The molecular formula is C14H29NO8. The van der Waals surface area contributed by atoms with E-state index in [2.05, 4.69) is 0 Å². The molecule has 0 amide bonds. The van der Waals surface area contributed by atoms with Gasteiger partial charge in [0.1, 0.15) is 6.61 Å². The third-order valence-corrected chi connectivity index (χ3v) is 2.35. The van der Waals surface area contributed by atoms with Crippen molar-refractivity contribution in [3.8, 4) is 0 Å². The second kappa shape index (κ2) is 19.2. The number of hydrogen-bond donors (Lipinski definition) is 2. The number of nitrogens with two attached hydrogens (primary N) is 1. The second-order valence-corrected chi connectivity index (χ2v) is 4.30. The first kappa shape index (κ1) is 22.2. The summed E-state index contributed by atoms with van der Waals surface area (Å²) in [6.07, 6.45) is 0. The van der Waals surface area contributed by atoms with Gasteiger partial charge in [-0.3, -0.25) is 0 Å². The topological polar surface area (TPSA) is 119 Å². The van der Waals surface area contributed by atoms with E-state index in [0.29, 0.717) is 72.6 Å². The van der Waals surface area contributed by atoms with E-state index < -0.39 is 5.97 Å². The normalized spacial score (nSPS) is 11.0. The SMILES string of the molecule is NCCOCCOCCOCCOCCOCCOCC(=O)O. The molecule has 0 heterocycles. The summed E-state index contributed by atoms with van der Waals surface area (Å²) in [6, 6.07) is 0. The maximum absolute atomic E-state index is 10.2. The van der Waals surface area contributed by atoms with Crippen LogP contribution < -0.4 is 5.73 Å². The fourth-order valence-electron chi connectivity index (χ4n) is 1.34. The number of carboxylic acids is 1. The van der Waals surface area contributed by atoms with Crippen LogP contribution in [0.5, 0.6) is 0 Å². The Labute approximate surface area is 136 Å². The molecule has 9 nitrogen and oxygen atoms in total. The van der Waals surface area contributed by atoms with Crippen LogP contribution in [-0.4, -0.2) is 96.9 Å². The maximum Gasteiger partial charge on any atom is 0.329 e. The molecule has 3 N–H and O–H groups in total. The highest BCUT2D eigenvalue weighted by Crippen LogP contribution is 1.84. The smallest absolute Gasteiger partial charge is 0.329 e. The lowest BCUT2D eigenvalue weighted by Gasteiger charge is -2.07. The van der Waals surface area contributed by atoms with Gasteiger partial charge in [-0.15, -0.1) is 0 Å². The van der Waals surface area contributed by atoms with Crippen LogP contribution in [0.4, 0.5) is 0 Å². The second-order valence-electron chi connectivity index (χ2n) is 4.30. The van der Waals surface area contributed by atoms with Crippen molar-refractivity contribution in [2.75, 3.05) is 85.8 Å². The van der Waals surface area contributed by atoms with Crippen molar-refractivity contribution in [1.82, 2.24) is 0 Å². The van der Waals surface area contributed by atoms with Crippen LogP contribution in [-0.2, 0) is 33.2 Å². The van der Waals surface area contributed by atoms with Crippen molar-refractivity contribution in [3.05, 3.63) is 0 Å². The van der Waals surface area contributed by atoms with Gasteiger partial charge in [-0.05, 0) is 0 Å². The van der Waals surface area contributed by atoms with Crippen LogP contribution in [0.25, 0.3) is 0 Å². The van der Waals surface area contributed by atoms with E-state index in [1.165, 1.54) is 0 Å². The molecule has 0 aliphatic heterocycles. The molecule has 9 heteroatoms. The number of rotatable bonds is 19. The summed E-state index contributed by atoms with van der Waals surface area (Å²) < 4.78 is 31.0. The predicted molar refractivity (Wildman–Crippen MR) is 81.6 cm³/mol. The van der Waals surface area contributed by atoms with Gasteiger partial charge in [-0.1, -0.05) is 0 Å². The van der Waals surface area contributed by atoms with Crippen molar-refractivity contribution < 1.29 is 38.3 Å². The Hall–Kier alpha value is -0.810. The molecule has 0 spiro atoms. The van der Waals surface area contributed by atoms with Crippen LogP contribution >= 0.6 is 0 Å². The van der Waals surface area contributed by atoms with Gasteiger partial charge in [0.15, 0.2) is 0 Å². The van der Waals surface area contributed by atoms with Gasteiger partial charge >= 0.3 is 5.97 Å². The zero-order valence-electron chi connectivity index (χ0n) is 13.6. The zero-order valence-corrected chi connectivity index (χ0v) is 13.6. The highest BCUT2D eigenvalue weighted by atomic mass is 16.6. The van der Waals surface area contributed by atoms with E-state index in [-0.39, 0.29) is 13.2 Å². The minimum Gasteiger partial charge on any atom is -0.480 e. The molecule has 23 heavy (non-hydrogen) atoms. The fourth-order valence-corrected chi connectivity index (χ4v) is 1.34. The lowest BCUT2D eigenvalue weighted by Crippen LogP contribution is -2.15. The van der Waals surface area contributed by atoms with Crippen molar-refractivity contribution in [2.24, 2.45) is 5.73 Å². The third kappa shape index (κ3) is 21.2. The Bertz CT molecular complexity index is 255. The first-order chi connectivity index (χ1) is 11.3. The fraction of sp³-hybridized carbons (Fsp3) is 0.929. The van der Waals surface area contributed by atoms with Crippen molar-refractivity contribution in [2.45, 2.75) is 0 Å². The molecule has 138 valence electrons. The third-order valence-electron chi connectivity index (χ3n) is 2.35. The van der Waals surface area contributed by atoms with Gasteiger partial charge in [0, 0.05) is 6.54 Å². The summed E-state index contributed by atoms with van der Waals surface area (Å²) in [6.45, 7) is 5.35. The summed E-state index contributed by atoms with van der Waals surface area (Å²) in [5, 5.41) is 8.33. The van der Waals surface area contributed by atoms with Gasteiger partial charge in [0.2, 0.25) is 0 Å². The van der Waals surface area contributed by atoms with Crippen LogP contribution in [0.15, 0.2) is 0 Å². The molecule has 0 bridgehead atoms. The number of carbonyl (C=O) groups is 1. The minimum absolute atomic E-state index is 0.257. The highest BCUT2D eigenvalue weighted by molar-refractivity contribution is 5.67. The van der Waals surface area contributed by atoms with E-state index in [4.69, 9.17) is 39.3 Å². The number of ether oxygens (including phenoxy) is 6. The molecule has 0 saturated carbocycles. The zero-order chi connectivity index (χ0) is 17.0. The minimum atomic E-state index is -0.987. The van der Waals surface area contributed by atoms with Crippen molar-refractivity contribution >= 4 is 5.97 Å². The van der Waals surface area contributed by atoms with Crippen LogP contribution in [0.2, 0.25) is 0 Å². The van der Waals surface area contributed by atoms with E-state index >= 15 is 0 Å². The summed E-state index contributed by atoms with van der Waals surface area (Å²) in [5.74, 6) is -0.987. The summed E-state index contributed by atoms with van der Waals surface area (Å²) in [4.78, 5) is 10.2. The highest BCUT2D eigenvalue weighted by Gasteiger charge is 1.96. The van der Waals surface area contributed by atoms with E-state index in [0.717, 1.165) is 0 Å². The lowest BCUT2D eigenvalue weighted by atomic mass is 10.6. The van der Waals surface area contributed by atoms with Gasteiger partial charge in [0.25, 0.3) is 0 Å². The Morgan fingerprint density at radius 1 is 0.609 bits per heavy atom. The maximum atomic E-state index is 10.2. The van der Waals surface area contributed by atoms with Crippen LogP contribution in [0.3, 0.4) is 0 Å². The number of hydrogen-bond acceptors (Lipinski definition) is 8. The molecule has 0 aliphatic carbocycles. The molecule has 0 fully saturated rings. The van der Waals surface area contributed by atoms with Gasteiger partial charge in [-0.25, -0.2) is 4.79 Å². The summed E-state index contributed by atoms with van der Waals surface area (Å²) in [7, 11) is 0. The Morgan fingerprint density at radius 3 is 1.22 bits per heavy atom. The molecule has 0 radical (unpaired) electrons. The summed E-state index contributed by atoms with van der Waals surface area (Å²) in [5.41, 5.74) is 5.27. The first-order valence-electron chi connectivity index (χ1n) is 7.65. The summed E-state index contributed by atoms with van der Waals surface area (Å²) >= 11 is 0. The largest absolute Gasteiger partial charge is 0.480 e. The Kier molecular flexibility index (Phi) is 18.6. The van der Waals surface area contributed by atoms with Crippen LogP contribution in [0.1, 0.15) is 0 Å². The van der Waals surface area contributed by atoms with E-state index in [9.17, 15) is 4.79 Å². The average molecular weight is 339 g/mol. The van der Waals surface area contributed by atoms with E-state index in [1.54, 1.807) is 0 Å². The monoisotopic (exact) mass is 339 g/mol. The Morgan fingerprint density at radius 2 is 0.913 bits per heavy atom. The molecule has 0 aromatic carbocycles. The predicted octanol–water partition coefficient (Wildman–Crippen LogP) is -0.871.